The number of rotatable bonds is 3. The molecule has 2 aromatic rings. The van der Waals surface area contributed by atoms with Crippen molar-refractivity contribution in [2.45, 2.75) is 19.9 Å². The van der Waals surface area contributed by atoms with Gasteiger partial charge in [0.2, 0.25) is 0 Å². The lowest BCUT2D eigenvalue weighted by atomic mass is 10.2. The lowest BCUT2D eigenvalue weighted by Crippen LogP contribution is -2.20. The summed E-state index contributed by atoms with van der Waals surface area (Å²) in [5, 5.41) is 15.3. The van der Waals surface area contributed by atoms with Crippen LogP contribution in [0.15, 0.2) is 11.7 Å². The lowest BCUT2D eigenvalue weighted by molar-refractivity contribution is 0.281. The van der Waals surface area contributed by atoms with Crippen LogP contribution in [0, 0.1) is 6.92 Å². The van der Waals surface area contributed by atoms with Crippen molar-refractivity contribution >= 4 is 27.4 Å². The first kappa shape index (κ1) is 10.3. The normalized spacial score (nSPS) is 13.0. The fraction of sp³-hybridized carbons (Fsp3) is 0.400. The summed E-state index contributed by atoms with van der Waals surface area (Å²) < 4.78 is 0. The molecule has 0 radical (unpaired) electrons. The Balaban J connectivity index is 2.45. The number of nitrogens with one attached hydrogen (secondary N) is 1. The number of aryl methyl sites for hydroxylation is 1. The van der Waals surface area contributed by atoms with Crippen molar-refractivity contribution in [3.63, 3.8) is 0 Å². The number of fused-ring (bicyclic) bond motifs is 1. The highest BCUT2D eigenvalue weighted by Gasteiger charge is 2.09. The lowest BCUT2D eigenvalue weighted by Gasteiger charge is -2.12. The van der Waals surface area contributed by atoms with E-state index in [4.69, 9.17) is 5.11 Å². The summed E-state index contributed by atoms with van der Waals surface area (Å²) in [5.41, 5.74) is 1.17. The summed E-state index contributed by atoms with van der Waals surface area (Å²) in [6.45, 7) is 4.04. The van der Waals surface area contributed by atoms with E-state index in [1.165, 1.54) is 5.56 Å². The molecule has 0 bridgehead atoms. The first-order chi connectivity index (χ1) is 7.22. The van der Waals surface area contributed by atoms with E-state index in [9.17, 15) is 0 Å². The van der Waals surface area contributed by atoms with E-state index in [0.717, 1.165) is 16.0 Å². The standard InChI is InChI=1S/C10H13N3OS/c1-6-4-15-10-8(6)9(11-5-12-10)13-7(2)3-14/h4-5,7,14H,3H2,1-2H3,(H,11,12,13). The molecule has 0 aliphatic heterocycles. The molecule has 0 spiro atoms. The monoisotopic (exact) mass is 223 g/mol. The van der Waals surface area contributed by atoms with Crippen LogP contribution in [0.5, 0.6) is 0 Å². The molecule has 5 heteroatoms. The molecule has 0 aliphatic rings. The highest BCUT2D eigenvalue weighted by Crippen LogP contribution is 2.28. The van der Waals surface area contributed by atoms with Gasteiger partial charge in [-0.15, -0.1) is 11.3 Å². The van der Waals surface area contributed by atoms with E-state index < -0.39 is 0 Å². The maximum atomic E-state index is 8.98. The molecule has 0 aromatic carbocycles. The van der Waals surface area contributed by atoms with Crippen LogP contribution < -0.4 is 5.32 Å². The number of hydrogen-bond acceptors (Lipinski definition) is 5. The zero-order valence-electron chi connectivity index (χ0n) is 8.69. The molecule has 2 heterocycles. The molecule has 0 saturated heterocycles. The SMILES string of the molecule is Cc1csc2ncnc(NC(C)CO)c12. The zero-order chi connectivity index (χ0) is 10.8. The van der Waals surface area contributed by atoms with Gasteiger partial charge in [0.15, 0.2) is 0 Å². The van der Waals surface area contributed by atoms with Crippen LogP contribution in [0.1, 0.15) is 12.5 Å². The Morgan fingerprint density at radius 1 is 1.53 bits per heavy atom. The largest absolute Gasteiger partial charge is 0.394 e. The van der Waals surface area contributed by atoms with E-state index in [2.05, 4.69) is 20.7 Å². The number of thiophene rings is 1. The molecule has 15 heavy (non-hydrogen) atoms. The van der Waals surface area contributed by atoms with Crippen LogP contribution in [0.2, 0.25) is 0 Å². The molecule has 1 atom stereocenters. The predicted octanol–water partition coefficient (Wildman–Crippen LogP) is 1.79. The molecule has 0 amide bonds. The molecule has 1 unspecified atom stereocenters. The average Bonchev–Trinajstić information content (AvgIpc) is 2.61. The van der Waals surface area contributed by atoms with E-state index in [1.54, 1.807) is 17.7 Å². The Morgan fingerprint density at radius 2 is 2.33 bits per heavy atom. The van der Waals surface area contributed by atoms with Crippen LogP contribution >= 0.6 is 11.3 Å². The Morgan fingerprint density at radius 3 is 3.07 bits per heavy atom. The van der Waals surface area contributed by atoms with E-state index in [0.29, 0.717) is 0 Å². The topological polar surface area (TPSA) is 58.0 Å². The van der Waals surface area contributed by atoms with Crippen molar-refractivity contribution < 1.29 is 5.11 Å². The van der Waals surface area contributed by atoms with Gasteiger partial charge in [-0.25, -0.2) is 9.97 Å². The number of anilines is 1. The second-order valence-electron chi connectivity index (χ2n) is 3.55. The third-order valence-corrected chi connectivity index (χ3v) is 3.22. The Labute approximate surface area is 92.0 Å². The molecule has 80 valence electrons. The van der Waals surface area contributed by atoms with Gasteiger partial charge in [0.05, 0.1) is 12.0 Å². The van der Waals surface area contributed by atoms with Crippen LogP contribution in [0.3, 0.4) is 0 Å². The second-order valence-corrected chi connectivity index (χ2v) is 4.41. The molecule has 0 saturated carbocycles. The van der Waals surface area contributed by atoms with Gasteiger partial charge in [0.1, 0.15) is 17.0 Å². The number of aliphatic hydroxyl groups is 1. The van der Waals surface area contributed by atoms with Gasteiger partial charge in [-0.2, -0.15) is 0 Å². The third-order valence-electron chi connectivity index (χ3n) is 2.21. The van der Waals surface area contributed by atoms with Crippen molar-refractivity contribution in [3.8, 4) is 0 Å². The van der Waals surface area contributed by atoms with Crippen molar-refractivity contribution in [1.82, 2.24) is 9.97 Å². The smallest absolute Gasteiger partial charge is 0.138 e. The molecule has 4 nitrogen and oxygen atoms in total. The predicted molar refractivity (Wildman–Crippen MR) is 62.3 cm³/mol. The maximum absolute atomic E-state index is 8.98. The first-order valence-electron chi connectivity index (χ1n) is 4.78. The van der Waals surface area contributed by atoms with Gasteiger partial charge in [0, 0.05) is 6.04 Å². The van der Waals surface area contributed by atoms with E-state index in [1.807, 2.05) is 13.8 Å². The molecular weight excluding hydrogens is 210 g/mol. The van der Waals surface area contributed by atoms with E-state index in [-0.39, 0.29) is 12.6 Å². The summed E-state index contributed by atoms with van der Waals surface area (Å²) in [6.07, 6.45) is 1.55. The van der Waals surface area contributed by atoms with Gasteiger partial charge in [-0.3, -0.25) is 0 Å². The minimum Gasteiger partial charge on any atom is -0.394 e. The minimum atomic E-state index is 0.00222. The zero-order valence-corrected chi connectivity index (χ0v) is 9.51. The maximum Gasteiger partial charge on any atom is 0.138 e. The van der Waals surface area contributed by atoms with Gasteiger partial charge in [-0.1, -0.05) is 0 Å². The number of nitrogens with zero attached hydrogens (tertiary/aromatic N) is 2. The second kappa shape index (κ2) is 4.12. The first-order valence-corrected chi connectivity index (χ1v) is 5.66. The van der Waals surface area contributed by atoms with Gasteiger partial charge < -0.3 is 10.4 Å². The molecule has 2 aromatic heterocycles. The van der Waals surface area contributed by atoms with Crippen molar-refractivity contribution in [2.75, 3.05) is 11.9 Å². The van der Waals surface area contributed by atoms with Crippen molar-refractivity contribution in [2.24, 2.45) is 0 Å². The molecule has 0 aliphatic carbocycles. The number of aliphatic hydroxyl groups excluding tert-OH is 1. The average molecular weight is 223 g/mol. The highest BCUT2D eigenvalue weighted by atomic mass is 32.1. The summed E-state index contributed by atoms with van der Waals surface area (Å²) in [6, 6.07) is 0.00222. The quantitative estimate of drug-likeness (QED) is 0.833. The van der Waals surface area contributed by atoms with Crippen molar-refractivity contribution in [3.05, 3.63) is 17.3 Å². The highest BCUT2D eigenvalue weighted by molar-refractivity contribution is 7.17. The van der Waals surface area contributed by atoms with Gasteiger partial charge in [-0.05, 0) is 24.8 Å². The molecule has 0 fully saturated rings. The molecule has 2 rings (SSSR count). The summed E-state index contributed by atoms with van der Waals surface area (Å²) in [7, 11) is 0. The summed E-state index contributed by atoms with van der Waals surface area (Å²) in [4.78, 5) is 9.38. The van der Waals surface area contributed by atoms with Crippen LogP contribution in [-0.4, -0.2) is 27.7 Å². The third kappa shape index (κ3) is 1.93. The molecular formula is C10H13N3OS. The summed E-state index contributed by atoms with van der Waals surface area (Å²) in [5.74, 6) is 0.806. The van der Waals surface area contributed by atoms with E-state index >= 15 is 0 Å². The Kier molecular flexibility index (Phi) is 2.83. The van der Waals surface area contributed by atoms with Crippen molar-refractivity contribution in [1.29, 1.82) is 0 Å². The van der Waals surface area contributed by atoms with Gasteiger partial charge >= 0.3 is 0 Å². The molecule has 2 N–H and O–H groups in total. The van der Waals surface area contributed by atoms with Crippen LogP contribution in [0.25, 0.3) is 10.2 Å². The minimum absolute atomic E-state index is 0.00222. The van der Waals surface area contributed by atoms with Crippen LogP contribution in [0.4, 0.5) is 5.82 Å². The van der Waals surface area contributed by atoms with Gasteiger partial charge in [0.25, 0.3) is 0 Å². The number of aromatic nitrogens is 2. The fourth-order valence-corrected chi connectivity index (χ4v) is 2.30. The Bertz CT molecular complexity index is 469. The summed E-state index contributed by atoms with van der Waals surface area (Å²) >= 11 is 1.61. The fourth-order valence-electron chi connectivity index (χ4n) is 1.41. The number of hydrogen-bond donors (Lipinski definition) is 2. The Hall–Kier alpha value is -1.20. The van der Waals surface area contributed by atoms with Crippen LogP contribution in [-0.2, 0) is 0 Å².